The van der Waals surface area contributed by atoms with E-state index in [-0.39, 0.29) is 29.0 Å². The Kier molecular flexibility index (Phi) is 11.3. The number of aromatic nitrogens is 4. The molecule has 2 aromatic rings. The Balaban J connectivity index is 0.00000235. The summed E-state index contributed by atoms with van der Waals surface area (Å²) in [5.74, 6) is -0.658. The first-order chi connectivity index (χ1) is 21.7. The van der Waals surface area contributed by atoms with E-state index in [4.69, 9.17) is 40.5 Å². The van der Waals surface area contributed by atoms with Gasteiger partial charge in [0.1, 0.15) is 48.5 Å². The Bertz CT molecular complexity index is 1560. The number of hydrogen-bond acceptors (Lipinski definition) is 19. The molecule has 0 aromatic carbocycles. The molecule has 5 heterocycles. The van der Waals surface area contributed by atoms with Crippen molar-refractivity contribution in [2.45, 2.75) is 55.5 Å². The second-order valence-electron chi connectivity index (χ2n) is 9.84. The molecule has 5 rings (SSSR count). The van der Waals surface area contributed by atoms with Crippen molar-refractivity contribution in [3.8, 4) is 0 Å². The number of imidazole rings is 1. The van der Waals surface area contributed by atoms with Crippen molar-refractivity contribution >= 4 is 38.5 Å². The smallest absolute Gasteiger partial charge is 0.387 e. The van der Waals surface area contributed by atoms with Gasteiger partial charge in [0.2, 0.25) is 5.91 Å². The van der Waals surface area contributed by atoms with E-state index in [0.29, 0.717) is 0 Å². The number of fused-ring (bicyclic) bond motifs is 1. The molecule has 0 radical (unpaired) electrons. The largest absolute Gasteiger partial charge is 0.481 e. The number of nitrogens with two attached hydrogens (primary N) is 2. The maximum Gasteiger partial charge on any atom is 0.481 e. The number of primary amides is 1. The molecule has 25 heteroatoms. The highest BCUT2D eigenvalue weighted by Gasteiger charge is 2.48. The highest BCUT2D eigenvalue weighted by atomic mass is 31.3. The molecule has 10 atom stereocenters. The molecule has 0 saturated carbocycles. The highest BCUT2D eigenvalue weighted by Crippen LogP contribution is 2.60. The van der Waals surface area contributed by atoms with Crippen LogP contribution in [0.4, 0.5) is 5.82 Å². The van der Waals surface area contributed by atoms with E-state index in [1.165, 1.54) is 28.2 Å². The van der Waals surface area contributed by atoms with E-state index < -0.39 is 83.8 Å². The average Bonchev–Trinajstić information content (AvgIpc) is 3.66. The van der Waals surface area contributed by atoms with Crippen LogP contribution in [0.15, 0.2) is 36.7 Å². The van der Waals surface area contributed by atoms with Gasteiger partial charge in [-0.05, 0) is 6.42 Å². The van der Waals surface area contributed by atoms with Crippen LogP contribution in [-0.2, 0) is 36.8 Å². The standard InChI is InChI=1S/C21H29N7O14P2.H2O2/c22-17-12-19(25-7-24-17)28(8-26-12)21-16(32)14(30)11(41-21)6-39-44(36,37)42-43(34,35)38-5-10-13(29)15(31)20(40-10)27-3-1-2-9(4-27)18(23)33;1-2/h1,3-4,7-8,10-11,13-16,20-21,29-32H,2,5-6H2,(H2,23,33)(H,34,35)(H,36,37)(H2,22,24,25);1-2H/t10-,11-,13-,14-,15-,16-,20-,21-;/m1./s1. The van der Waals surface area contributed by atoms with Crippen molar-refractivity contribution in [1.82, 2.24) is 24.4 Å². The number of anilines is 1. The number of allylic oxidation sites excluding steroid dienone is 1. The molecule has 12 N–H and O–H groups in total. The van der Waals surface area contributed by atoms with Gasteiger partial charge in [-0.1, -0.05) is 6.08 Å². The molecule has 0 bridgehead atoms. The van der Waals surface area contributed by atoms with Crippen molar-refractivity contribution in [1.29, 1.82) is 0 Å². The summed E-state index contributed by atoms with van der Waals surface area (Å²) in [6.07, 6.45) is -4.88. The van der Waals surface area contributed by atoms with E-state index in [1.807, 2.05) is 0 Å². The number of hydrogen-bond donors (Lipinski definition) is 10. The molecule has 0 aliphatic carbocycles. The summed E-state index contributed by atoms with van der Waals surface area (Å²) in [7, 11) is -10.7. The molecule has 2 aromatic heterocycles. The minimum atomic E-state index is -5.37. The molecule has 2 fully saturated rings. The number of aliphatic hydroxyl groups excluding tert-OH is 4. The molecule has 3 aliphatic rings. The Labute approximate surface area is 257 Å². The van der Waals surface area contributed by atoms with E-state index in [2.05, 4.69) is 19.3 Å². The van der Waals surface area contributed by atoms with Crippen LogP contribution in [-0.4, -0.2) is 127 Å². The second kappa shape index (κ2) is 14.4. The van der Waals surface area contributed by atoms with Gasteiger partial charge in [-0.3, -0.25) is 28.9 Å². The predicted octanol–water partition coefficient (Wildman–Crippen LogP) is -2.67. The normalized spacial score (nSPS) is 32.0. The van der Waals surface area contributed by atoms with Gasteiger partial charge in [0.05, 0.1) is 19.5 Å². The maximum atomic E-state index is 12.4. The van der Waals surface area contributed by atoms with Crippen molar-refractivity contribution in [3.05, 3.63) is 36.7 Å². The highest BCUT2D eigenvalue weighted by molar-refractivity contribution is 7.61. The third kappa shape index (κ3) is 7.77. The lowest BCUT2D eigenvalue weighted by Gasteiger charge is -2.28. The topological polar surface area (TPSA) is 358 Å². The summed E-state index contributed by atoms with van der Waals surface area (Å²) in [6, 6.07) is 0. The van der Waals surface area contributed by atoms with Crippen LogP contribution in [0.3, 0.4) is 0 Å². The molecule has 2 unspecified atom stereocenters. The van der Waals surface area contributed by atoms with Crippen LogP contribution < -0.4 is 11.5 Å². The van der Waals surface area contributed by atoms with E-state index in [9.17, 15) is 44.1 Å². The number of carbonyl (C=O) groups excluding carboxylic acids is 1. The third-order valence-electron chi connectivity index (χ3n) is 6.88. The molecule has 3 aliphatic heterocycles. The first kappa shape index (κ1) is 35.9. The molecule has 1 amide bonds. The summed E-state index contributed by atoms with van der Waals surface area (Å²) < 4.78 is 50.8. The van der Waals surface area contributed by atoms with Gasteiger partial charge in [-0.2, -0.15) is 4.31 Å². The summed E-state index contributed by atoms with van der Waals surface area (Å²) in [5.41, 5.74) is 11.6. The molecule has 2 saturated heterocycles. The first-order valence-corrected chi connectivity index (χ1v) is 15.9. The number of aliphatic hydroxyl groups is 4. The first-order valence-electron chi connectivity index (χ1n) is 12.9. The number of amides is 1. The SMILES string of the molecule is NC(=O)C1=CN([C@@H]2O[C@H](COP(=O)(O)OP(=O)(O)OC[C@H]3O[C@@H](n4cnc5c(N)ncnc54)[C@H](O)[C@@H]3O)[C@@H](O)[C@H]2O)C=CC1.OO. The Morgan fingerprint density at radius 1 is 0.935 bits per heavy atom. The quantitative estimate of drug-likeness (QED) is 0.0649. The van der Waals surface area contributed by atoms with Crippen molar-refractivity contribution in [2.75, 3.05) is 18.9 Å². The average molecular weight is 699 g/mol. The van der Waals surface area contributed by atoms with Gasteiger partial charge in [0.15, 0.2) is 23.9 Å². The molecule has 23 nitrogen and oxygen atoms in total. The van der Waals surface area contributed by atoms with Crippen molar-refractivity contribution in [2.24, 2.45) is 5.73 Å². The van der Waals surface area contributed by atoms with E-state index in [1.54, 1.807) is 6.08 Å². The van der Waals surface area contributed by atoms with Crippen LogP contribution in [0.25, 0.3) is 11.2 Å². The maximum absolute atomic E-state index is 12.4. The van der Waals surface area contributed by atoms with Crippen LogP contribution in [0.5, 0.6) is 0 Å². The summed E-state index contributed by atoms with van der Waals surface area (Å²) in [4.78, 5) is 44.6. The number of phosphoric ester groups is 2. The van der Waals surface area contributed by atoms with Crippen LogP contribution >= 0.6 is 15.6 Å². The third-order valence-corrected chi connectivity index (χ3v) is 9.48. The van der Waals surface area contributed by atoms with Gasteiger partial charge in [0, 0.05) is 18.0 Å². The summed E-state index contributed by atoms with van der Waals surface area (Å²) >= 11 is 0. The van der Waals surface area contributed by atoms with Crippen LogP contribution in [0.1, 0.15) is 12.6 Å². The zero-order chi connectivity index (χ0) is 34.0. The number of phosphoric acid groups is 2. The minimum absolute atomic E-state index is 0.0517. The monoisotopic (exact) mass is 699 g/mol. The molecular weight excluding hydrogens is 668 g/mol. The fraction of sp³-hybridized carbons (Fsp3) is 0.524. The second-order valence-corrected chi connectivity index (χ2v) is 12.9. The van der Waals surface area contributed by atoms with Crippen LogP contribution in [0, 0.1) is 0 Å². The lowest BCUT2D eigenvalue weighted by molar-refractivity contribution is -0.176. The predicted molar refractivity (Wildman–Crippen MR) is 147 cm³/mol. The number of ether oxygens (including phenoxy) is 2. The van der Waals surface area contributed by atoms with Gasteiger partial charge in [-0.25, -0.2) is 24.1 Å². The van der Waals surface area contributed by atoms with E-state index >= 15 is 0 Å². The molecular formula is C21H31N7O16P2. The number of nitrogens with zero attached hydrogens (tertiary/aromatic N) is 5. The fourth-order valence-electron chi connectivity index (χ4n) is 4.68. The summed E-state index contributed by atoms with van der Waals surface area (Å²) in [6.45, 7) is -1.79. The Morgan fingerprint density at radius 3 is 2.09 bits per heavy atom. The van der Waals surface area contributed by atoms with Crippen molar-refractivity contribution in [3.63, 3.8) is 0 Å². The lowest BCUT2D eigenvalue weighted by atomic mass is 10.1. The molecule has 256 valence electrons. The minimum Gasteiger partial charge on any atom is -0.387 e. The molecule has 46 heavy (non-hydrogen) atoms. The van der Waals surface area contributed by atoms with Crippen molar-refractivity contribution < 1.29 is 77.5 Å². The molecule has 0 spiro atoms. The lowest BCUT2D eigenvalue weighted by Crippen LogP contribution is -2.40. The Morgan fingerprint density at radius 2 is 1.50 bits per heavy atom. The summed E-state index contributed by atoms with van der Waals surface area (Å²) in [5, 5.41) is 53.6. The van der Waals surface area contributed by atoms with Gasteiger partial charge < -0.3 is 56.1 Å². The number of carbonyl (C=O) groups is 1. The number of nitrogen functional groups attached to an aromatic ring is 1. The van der Waals surface area contributed by atoms with E-state index in [0.717, 1.165) is 6.33 Å². The number of rotatable bonds is 11. The van der Waals surface area contributed by atoms with Gasteiger partial charge in [-0.15, -0.1) is 0 Å². The van der Waals surface area contributed by atoms with Gasteiger partial charge >= 0.3 is 15.6 Å². The fourth-order valence-corrected chi connectivity index (χ4v) is 6.77. The van der Waals surface area contributed by atoms with Crippen LogP contribution in [0.2, 0.25) is 0 Å². The van der Waals surface area contributed by atoms with Gasteiger partial charge in [0.25, 0.3) is 0 Å². The zero-order valence-electron chi connectivity index (χ0n) is 23.3. The Hall–Kier alpha value is -2.96. The zero-order valence-corrected chi connectivity index (χ0v) is 25.0.